The number of thioether (sulfide) groups is 1. The monoisotopic (exact) mass is 564 g/mol. The number of nitrogens with zero attached hydrogens (tertiary/aromatic N) is 2. The van der Waals surface area contributed by atoms with Gasteiger partial charge in [-0.3, -0.25) is 0 Å². The molecule has 2 aliphatic heterocycles. The molecule has 0 radical (unpaired) electrons. The molecule has 9 heteroatoms. The number of rotatable bonds is 7. The zero-order valence-corrected chi connectivity index (χ0v) is 22.0. The van der Waals surface area contributed by atoms with E-state index in [1.165, 1.54) is 12.1 Å². The van der Waals surface area contributed by atoms with Crippen molar-refractivity contribution in [1.82, 2.24) is 4.90 Å². The fourth-order valence-corrected chi connectivity index (χ4v) is 6.24. The second-order valence-electron chi connectivity index (χ2n) is 9.45. The van der Waals surface area contributed by atoms with Gasteiger partial charge in [0.25, 0.3) is 0 Å². The molecule has 0 saturated heterocycles. The van der Waals surface area contributed by atoms with Crippen LogP contribution < -0.4 is 9.47 Å². The van der Waals surface area contributed by atoms with Gasteiger partial charge < -0.3 is 14.4 Å². The fourth-order valence-electron chi connectivity index (χ4n) is 5.31. The average molecular weight is 565 g/mol. The first kappa shape index (κ1) is 26.3. The Balaban J connectivity index is 1.41. The van der Waals surface area contributed by atoms with Crippen molar-refractivity contribution in [3.05, 3.63) is 118 Å². The Kier molecular flexibility index (Phi) is 7.38. The largest absolute Gasteiger partial charge is 0.435 e. The van der Waals surface area contributed by atoms with E-state index < -0.39 is 13.2 Å². The number of alkyl halides is 4. The summed E-state index contributed by atoms with van der Waals surface area (Å²) < 4.78 is 59.8. The quantitative estimate of drug-likeness (QED) is 0.269. The molecule has 1 aliphatic carbocycles. The highest BCUT2D eigenvalue weighted by molar-refractivity contribution is 8.16. The third kappa shape index (κ3) is 5.38. The lowest BCUT2D eigenvalue weighted by Crippen LogP contribution is -2.34. The van der Waals surface area contributed by atoms with Gasteiger partial charge in [-0.15, -0.1) is 0 Å². The molecule has 4 nitrogen and oxygen atoms in total. The Hall–Kier alpha value is -3.98. The van der Waals surface area contributed by atoms with E-state index in [-0.39, 0.29) is 17.5 Å². The third-order valence-corrected chi connectivity index (χ3v) is 7.81. The van der Waals surface area contributed by atoms with Crippen LogP contribution in [0.4, 0.5) is 17.6 Å². The van der Waals surface area contributed by atoms with Crippen molar-refractivity contribution >= 4 is 28.7 Å². The van der Waals surface area contributed by atoms with E-state index >= 15 is 0 Å². The Morgan fingerprint density at radius 1 is 0.825 bits per heavy atom. The van der Waals surface area contributed by atoms with E-state index in [1.54, 1.807) is 36.0 Å². The summed E-state index contributed by atoms with van der Waals surface area (Å²) >= 11 is 1.55. The summed E-state index contributed by atoms with van der Waals surface area (Å²) in [5.41, 5.74) is 7.02. The number of allylic oxidation sites excluding steroid dienone is 1. The lowest BCUT2D eigenvalue weighted by molar-refractivity contribution is -0.0505. The van der Waals surface area contributed by atoms with Crippen LogP contribution in [0.2, 0.25) is 0 Å². The number of aliphatic imine (C=N–C) groups is 1. The second kappa shape index (κ2) is 11.3. The highest BCUT2D eigenvalue weighted by Gasteiger charge is 2.40. The van der Waals surface area contributed by atoms with Crippen LogP contribution in [0.1, 0.15) is 42.0 Å². The molecule has 3 aromatic rings. The van der Waals surface area contributed by atoms with Crippen LogP contribution >= 0.6 is 11.8 Å². The van der Waals surface area contributed by atoms with Crippen molar-refractivity contribution in [3.8, 4) is 11.5 Å². The number of fused-ring (bicyclic) bond motifs is 1. The summed E-state index contributed by atoms with van der Waals surface area (Å²) in [5, 5.41) is 2.93. The lowest BCUT2D eigenvalue weighted by atomic mass is 9.82. The van der Waals surface area contributed by atoms with Crippen LogP contribution in [-0.2, 0) is 0 Å². The summed E-state index contributed by atoms with van der Waals surface area (Å²) in [6.07, 6.45) is 4.61. The van der Waals surface area contributed by atoms with Gasteiger partial charge in [-0.25, -0.2) is 4.99 Å². The summed E-state index contributed by atoms with van der Waals surface area (Å²) in [6, 6.07) is 23.3. The molecular formula is C31H24F4N2O2S. The zero-order valence-electron chi connectivity index (χ0n) is 21.1. The molecule has 0 bridgehead atoms. The summed E-state index contributed by atoms with van der Waals surface area (Å²) in [6.45, 7) is -5.76. The van der Waals surface area contributed by atoms with Gasteiger partial charge in [-0.2, -0.15) is 17.6 Å². The highest BCUT2D eigenvalue weighted by Crippen LogP contribution is 2.51. The van der Waals surface area contributed by atoms with Crippen molar-refractivity contribution in [2.24, 2.45) is 4.99 Å². The molecule has 0 aromatic heterocycles. The molecule has 6 rings (SSSR count). The van der Waals surface area contributed by atoms with E-state index in [0.29, 0.717) is 0 Å². The molecule has 0 saturated carbocycles. The van der Waals surface area contributed by atoms with Gasteiger partial charge in [-0.05, 0) is 77.4 Å². The average Bonchev–Trinajstić information content (AvgIpc) is 3.37. The Morgan fingerprint density at radius 3 is 2.12 bits per heavy atom. The van der Waals surface area contributed by atoms with Crippen LogP contribution in [0.15, 0.2) is 106 Å². The minimum atomic E-state index is -2.89. The van der Waals surface area contributed by atoms with Crippen molar-refractivity contribution < 1.29 is 27.0 Å². The number of halogens is 4. The topological polar surface area (TPSA) is 34.1 Å². The minimum Gasteiger partial charge on any atom is -0.435 e. The van der Waals surface area contributed by atoms with Crippen molar-refractivity contribution in [1.29, 1.82) is 0 Å². The molecule has 0 unspecified atom stereocenters. The highest BCUT2D eigenvalue weighted by atomic mass is 32.2. The zero-order chi connectivity index (χ0) is 27.6. The van der Waals surface area contributed by atoms with Crippen LogP contribution in [0.5, 0.6) is 11.5 Å². The van der Waals surface area contributed by atoms with E-state index in [4.69, 9.17) is 4.99 Å². The molecule has 2 heterocycles. The molecule has 3 aromatic carbocycles. The van der Waals surface area contributed by atoms with Gasteiger partial charge in [0, 0.05) is 5.41 Å². The van der Waals surface area contributed by atoms with Crippen LogP contribution in [0.25, 0.3) is 11.8 Å². The lowest BCUT2D eigenvalue weighted by Gasteiger charge is -2.40. The first-order chi connectivity index (χ1) is 19.5. The number of hydrogen-bond donors (Lipinski definition) is 0. The Bertz CT molecular complexity index is 1500. The molecule has 0 amide bonds. The Labute approximate surface area is 233 Å². The number of ether oxygens (including phenoxy) is 2. The smallest absolute Gasteiger partial charge is 0.387 e. The normalized spacial score (nSPS) is 19.5. The van der Waals surface area contributed by atoms with Crippen LogP contribution in [0, 0.1) is 0 Å². The van der Waals surface area contributed by atoms with Gasteiger partial charge in [0.15, 0.2) is 5.17 Å². The van der Waals surface area contributed by atoms with E-state index in [1.807, 2.05) is 36.4 Å². The predicted molar refractivity (Wildman–Crippen MR) is 149 cm³/mol. The van der Waals surface area contributed by atoms with Gasteiger partial charge in [0.1, 0.15) is 11.5 Å². The molecule has 0 fully saturated rings. The summed E-state index contributed by atoms with van der Waals surface area (Å²) in [4.78, 5) is 7.35. The number of benzene rings is 3. The Morgan fingerprint density at radius 2 is 1.48 bits per heavy atom. The van der Waals surface area contributed by atoms with Gasteiger partial charge in [-0.1, -0.05) is 66.4 Å². The first-order valence-electron chi connectivity index (χ1n) is 12.8. The molecule has 40 heavy (non-hydrogen) atoms. The molecule has 0 spiro atoms. The molecule has 0 N–H and O–H groups in total. The predicted octanol–water partition coefficient (Wildman–Crippen LogP) is 8.87. The van der Waals surface area contributed by atoms with E-state index in [2.05, 4.69) is 31.9 Å². The van der Waals surface area contributed by atoms with Crippen molar-refractivity contribution in [3.63, 3.8) is 0 Å². The summed E-state index contributed by atoms with van der Waals surface area (Å²) in [7, 11) is 0. The third-order valence-electron chi connectivity index (χ3n) is 6.97. The van der Waals surface area contributed by atoms with Crippen LogP contribution in [0.3, 0.4) is 0 Å². The molecule has 3 aliphatic rings. The fraction of sp³-hybridized carbons (Fsp3) is 0.194. The standard InChI is InChI=1S/C31H24F4N2O2S/c32-29(33)38-23-13-9-19(10-14-23)17-22-7-4-8-25-27(22)36-31-37(26(18-40-31)20-5-2-1-3-6-20)28(25)21-11-15-24(16-12-21)39-30(34)35/h1-3,5-6,9-18,28-30H,4,7-8H2/b22-17+/t28-/m1/s1. The molecular weight excluding hydrogens is 540 g/mol. The summed E-state index contributed by atoms with van der Waals surface area (Å²) in [5.74, 6) is 0.214. The van der Waals surface area contributed by atoms with E-state index in [9.17, 15) is 17.6 Å². The number of hydrogen-bond acceptors (Lipinski definition) is 5. The van der Waals surface area contributed by atoms with Crippen LogP contribution in [-0.4, -0.2) is 23.3 Å². The minimum absolute atomic E-state index is 0.107. The van der Waals surface area contributed by atoms with Gasteiger partial charge in [0.05, 0.1) is 17.4 Å². The SMILES string of the molecule is FC(F)Oc1ccc(/C=C2\CCCC3=C2N=C2SC=C(c4ccccc4)N2[C@@H]3c2ccc(OC(F)F)cc2)cc1. The van der Waals surface area contributed by atoms with E-state index in [0.717, 1.165) is 63.7 Å². The van der Waals surface area contributed by atoms with Gasteiger partial charge in [0.2, 0.25) is 0 Å². The maximum atomic E-state index is 12.8. The van der Waals surface area contributed by atoms with Gasteiger partial charge >= 0.3 is 13.2 Å². The molecule has 1 atom stereocenters. The van der Waals surface area contributed by atoms with Crippen molar-refractivity contribution in [2.45, 2.75) is 38.5 Å². The maximum Gasteiger partial charge on any atom is 0.387 e. The second-order valence-corrected chi connectivity index (χ2v) is 10.3. The number of amidine groups is 1. The maximum absolute atomic E-state index is 12.8. The molecule has 204 valence electrons. The van der Waals surface area contributed by atoms with Crippen molar-refractivity contribution in [2.75, 3.05) is 0 Å². The first-order valence-corrected chi connectivity index (χ1v) is 13.7.